The Balaban J connectivity index is 1.51. The second kappa shape index (κ2) is 6.27. The summed E-state index contributed by atoms with van der Waals surface area (Å²) in [4.78, 5) is 19.6. The lowest BCUT2D eigenvalue weighted by molar-refractivity contribution is -0.135. The zero-order valence-corrected chi connectivity index (χ0v) is 15.6. The number of ether oxygens (including phenoxy) is 1. The molecule has 3 heterocycles. The van der Waals surface area contributed by atoms with Gasteiger partial charge in [-0.1, -0.05) is 6.42 Å². The van der Waals surface area contributed by atoms with Crippen LogP contribution in [0, 0.1) is 32.1 Å². The molecule has 1 N–H and O–H groups in total. The summed E-state index contributed by atoms with van der Waals surface area (Å²) < 4.78 is 5.54. The summed E-state index contributed by atoms with van der Waals surface area (Å²) in [5, 5.41) is 3.16. The van der Waals surface area contributed by atoms with E-state index in [9.17, 15) is 4.79 Å². The summed E-state index contributed by atoms with van der Waals surface area (Å²) in [7, 11) is 0. The molecule has 2 aliphatic heterocycles. The van der Waals surface area contributed by atoms with Crippen molar-refractivity contribution in [2.24, 2.45) is 11.3 Å². The highest BCUT2D eigenvalue weighted by Gasteiger charge is 2.59. The van der Waals surface area contributed by atoms with Crippen LogP contribution in [0.3, 0.4) is 0 Å². The Morgan fingerprint density at radius 3 is 2.60 bits per heavy atom. The van der Waals surface area contributed by atoms with E-state index in [-0.39, 0.29) is 6.03 Å². The van der Waals surface area contributed by atoms with Crippen LogP contribution in [-0.2, 0) is 4.74 Å². The molecule has 1 aromatic rings. The number of aryl methyl sites for hydroxylation is 3. The third kappa shape index (κ3) is 2.82. The van der Waals surface area contributed by atoms with Crippen molar-refractivity contribution in [1.82, 2.24) is 9.88 Å². The van der Waals surface area contributed by atoms with Crippen molar-refractivity contribution in [3.8, 4) is 0 Å². The fourth-order valence-corrected chi connectivity index (χ4v) is 5.21. The molecule has 136 valence electrons. The Labute approximate surface area is 150 Å². The van der Waals surface area contributed by atoms with E-state index in [1.54, 1.807) is 0 Å². The van der Waals surface area contributed by atoms with Crippen LogP contribution in [0.5, 0.6) is 0 Å². The molecule has 0 bridgehead atoms. The van der Waals surface area contributed by atoms with E-state index in [2.05, 4.69) is 15.2 Å². The molecule has 1 saturated carbocycles. The van der Waals surface area contributed by atoms with Crippen molar-refractivity contribution in [1.29, 1.82) is 0 Å². The van der Waals surface area contributed by atoms with Crippen molar-refractivity contribution in [3.63, 3.8) is 0 Å². The van der Waals surface area contributed by atoms with Gasteiger partial charge in [-0.05, 0) is 64.0 Å². The highest BCUT2D eigenvalue weighted by Crippen LogP contribution is 2.56. The number of nitrogens with zero attached hydrogens (tertiary/aromatic N) is 2. The molecule has 1 unspecified atom stereocenters. The van der Waals surface area contributed by atoms with E-state index >= 15 is 0 Å². The lowest BCUT2D eigenvalue weighted by Crippen LogP contribution is -2.72. The van der Waals surface area contributed by atoms with E-state index in [4.69, 9.17) is 4.74 Å². The van der Waals surface area contributed by atoms with Gasteiger partial charge < -0.3 is 15.0 Å². The molecule has 4 rings (SSSR count). The van der Waals surface area contributed by atoms with Crippen molar-refractivity contribution in [3.05, 3.63) is 23.0 Å². The van der Waals surface area contributed by atoms with Crippen LogP contribution < -0.4 is 5.32 Å². The third-order valence-electron chi connectivity index (χ3n) is 6.53. The predicted molar refractivity (Wildman–Crippen MR) is 97.8 cm³/mol. The van der Waals surface area contributed by atoms with E-state index in [1.165, 1.54) is 19.3 Å². The standard InChI is InChI=1S/C20H29N3O2/c1-13-11-14(2)21-15(3)17(13)22-19(24)23-12-20(7-4-8-20)18(23)16-5-9-25-10-6-16/h11,16,18H,4-10,12H2,1-3H3,(H,22,24). The molecule has 1 atom stereocenters. The molecule has 1 spiro atoms. The first-order chi connectivity index (χ1) is 12.0. The number of amides is 2. The number of aromatic nitrogens is 1. The maximum Gasteiger partial charge on any atom is 0.322 e. The molecule has 1 aliphatic carbocycles. The van der Waals surface area contributed by atoms with Crippen LogP contribution >= 0.6 is 0 Å². The molecule has 0 aromatic carbocycles. The van der Waals surface area contributed by atoms with Crippen LogP contribution in [0.2, 0.25) is 0 Å². The van der Waals surface area contributed by atoms with E-state index in [0.717, 1.165) is 55.2 Å². The average molecular weight is 343 g/mol. The minimum absolute atomic E-state index is 0.0471. The van der Waals surface area contributed by atoms with Gasteiger partial charge in [0.15, 0.2) is 0 Å². The quantitative estimate of drug-likeness (QED) is 0.888. The maximum atomic E-state index is 13.0. The minimum Gasteiger partial charge on any atom is -0.381 e. The molecular formula is C20H29N3O2. The van der Waals surface area contributed by atoms with Crippen LogP contribution in [-0.4, -0.2) is 41.7 Å². The van der Waals surface area contributed by atoms with Gasteiger partial charge in [-0.3, -0.25) is 4.98 Å². The van der Waals surface area contributed by atoms with Gasteiger partial charge in [0.1, 0.15) is 0 Å². The number of urea groups is 1. The van der Waals surface area contributed by atoms with Crippen molar-refractivity contribution < 1.29 is 9.53 Å². The molecule has 5 nitrogen and oxygen atoms in total. The van der Waals surface area contributed by atoms with Gasteiger partial charge in [-0.15, -0.1) is 0 Å². The van der Waals surface area contributed by atoms with E-state index in [1.807, 2.05) is 26.8 Å². The number of carbonyl (C=O) groups excluding carboxylic acids is 1. The normalized spacial score (nSPS) is 25.4. The third-order valence-corrected chi connectivity index (χ3v) is 6.53. The molecule has 0 radical (unpaired) electrons. The summed E-state index contributed by atoms with van der Waals surface area (Å²) in [6.45, 7) is 8.59. The zero-order valence-electron chi connectivity index (χ0n) is 15.6. The highest BCUT2D eigenvalue weighted by molar-refractivity contribution is 5.91. The number of pyridine rings is 1. The van der Waals surface area contributed by atoms with Crippen LogP contribution in [0.15, 0.2) is 6.07 Å². The summed E-state index contributed by atoms with van der Waals surface area (Å²) in [6, 6.07) is 2.47. The number of hydrogen-bond donors (Lipinski definition) is 1. The van der Waals surface area contributed by atoms with Gasteiger partial charge in [0.25, 0.3) is 0 Å². The number of anilines is 1. The molecule has 1 aromatic heterocycles. The molecular weight excluding hydrogens is 314 g/mol. The summed E-state index contributed by atoms with van der Waals surface area (Å²) >= 11 is 0. The summed E-state index contributed by atoms with van der Waals surface area (Å²) in [6.07, 6.45) is 6.04. The largest absolute Gasteiger partial charge is 0.381 e. The molecule has 2 saturated heterocycles. The van der Waals surface area contributed by atoms with Crippen LogP contribution in [0.25, 0.3) is 0 Å². The SMILES string of the molecule is Cc1cc(C)c(NC(=O)N2CC3(CCC3)C2C2CCOCC2)c(C)n1. The molecule has 5 heteroatoms. The highest BCUT2D eigenvalue weighted by atomic mass is 16.5. The Kier molecular flexibility index (Phi) is 4.22. The van der Waals surface area contributed by atoms with Gasteiger partial charge in [0.05, 0.1) is 11.4 Å². The van der Waals surface area contributed by atoms with Gasteiger partial charge in [-0.2, -0.15) is 0 Å². The molecule has 3 fully saturated rings. The Morgan fingerprint density at radius 2 is 2.00 bits per heavy atom. The smallest absolute Gasteiger partial charge is 0.322 e. The Bertz CT molecular complexity index is 655. The first-order valence-corrected chi connectivity index (χ1v) is 9.60. The van der Waals surface area contributed by atoms with Crippen molar-refractivity contribution >= 4 is 11.7 Å². The second-order valence-corrected chi connectivity index (χ2v) is 8.21. The first kappa shape index (κ1) is 16.8. The van der Waals surface area contributed by atoms with Crippen LogP contribution in [0.4, 0.5) is 10.5 Å². The predicted octanol–water partition coefficient (Wildman–Crippen LogP) is 3.82. The van der Waals surface area contributed by atoms with Crippen LogP contribution in [0.1, 0.15) is 49.1 Å². The summed E-state index contributed by atoms with van der Waals surface area (Å²) in [5.74, 6) is 0.590. The van der Waals surface area contributed by atoms with Crippen molar-refractivity contribution in [2.45, 2.75) is 58.9 Å². The fourth-order valence-electron chi connectivity index (χ4n) is 5.21. The first-order valence-electron chi connectivity index (χ1n) is 9.60. The molecule has 3 aliphatic rings. The fraction of sp³-hybridized carbons (Fsp3) is 0.700. The maximum absolute atomic E-state index is 13.0. The number of carbonyl (C=O) groups is 1. The summed E-state index contributed by atoms with van der Waals surface area (Å²) in [5.41, 5.74) is 4.24. The van der Waals surface area contributed by atoms with Gasteiger partial charge >= 0.3 is 6.03 Å². The van der Waals surface area contributed by atoms with Gasteiger partial charge in [0.2, 0.25) is 0 Å². The average Bonchev–Trinajstić information content (AvgIpc) is 2.49. The lowest BCUT2D eigenvalue weighted by Gasteiger charge is -2.64. The number of nitrogens with one attached hydrogen (secondary N) is 1. The van der Waals surface area contributed by atoms with Crippen molar-refractivity contribution in [2.75, 3.05) is 25.1 Å². The monoisotopic (exact) mass is 343 g/mol. The van der Waals surface area contributed by atoms with E-state index < -0.39 is 0 Å². The lowest BCUT2D eigenvalue weighted by atomic mass is 9.54. The topological polar surface area (TPSA) is 54.5 Å². The van der Waals surface area contributed by atoms with E-state index in [0.29, 0.717) is 17.4 Å². The zero-order chi connectivity index (χ0) is 17.6. The molecule has 2 amide bonds. The minimum atomic E-state index is 0.0471. The Morgan fingerprint density at radius 1 is 1.28 bits per heavy atom. The number of hydrogen-bond acceptors (Lipinski definition) is 3. The molecule has 25 heavy (non-hydrogen) atoms. The Hall–Kier alpha value is -1.62. The number of rotatable bonds is 2. The van der Waals surface area contributed by atoms with Gasteiger partial charge in [0, 0.05) is 36.9 Å². The number of likely N-dealkylation sites (tertiary alicyclic amines) is 1. The second-order valence-electron chi connectivity index (χ2n) is 8.21. The van der Waals surface area contributed by atoms with Gasteiger partial charge in [-0.25, -0.2) is 4.79 Å².